The number of likely N-dealkylation sites (N-methyl/N-ethyl adjacent to an activating group) is 1. The smallest absolute Gasteiger partial charge is 0.193 e. The van der Waals surface area contributed by atoms with Crippen LogP contribution >= 0.6 is 0 Å². The highest BCUT2D eigenvalue weighted by Crippen LogP contribution is 2.16. The van der Waals surface area contributed by atoms with Crippen molar-refractivity contribution in [2.24, 2.45) is 4.99 Å². The molecule has 0 aromatic heterocycles. The minimum Gasteiger partial charge on any atom is -0.385 e. The number of methoxy groups -OCH3 is 1. The maximum atomic E-state index is 5.93. The largest absolute Gasteiger partial charge is 0.385 e. The summed E-state index contributed by atoms with van der Waals surface area (Å²) in [5.74, 6) is 1.04. The van der Waals surface area contributed by atoms with Gasteiger partial charge in [-0.05, 0) is 45.7 Å². The standard InChI is InChI=1S/C17H34N4O2/c1-18-17(19-14-15-6-4-9-20(15)2)21-10-7-16(8-11-21)23-13-5-12-22-3/h15-16H,4-14H2,1-3H3,(H,18,19). The van der Waals surface area contributed by atoms with Gasteiger partial charge in [-0.3, -0.25) is 4.99 Å². The van der Waals surface area contributed by atoms with Crippen LogP contribution < -0.4 is 5.32 Å². The van der Waals surface area contributed by atoms with Crippen molar-refractivity contribution >= 4 is 5.96 Å². The number of rotatable bonds is 7. The van der Waals surface area contributed by atoms with Crippen LogP contribution in [0.1, 0.15) is 32.1 Å². The molecule has 2 rings (SSSR count). The van der Waals surface area contributed by atoms with Crippen molar-refractivity contribution in [1.29, 1.82) is 0 Å². The summed E-state index contributed by atoms with van der Waals surface area (Å²) >= 11 is 0. The first-order chi connectivity index (χ1) is 11.2. The Bertz CT molecular complexity index is 357. The van der Waals surface area contributed by atoms with Gasteiger partial charge in [0.05, 0.1) is 6.10 Å². The Balaban J connectivity index is 1.66. The number of ether oxygens (including phenoxy) is 2. The summed E-state index contributed by atoms with van der Waals surface area (Å²) in [7, 11) is 5.84. The van der Waals surface area contributed by atoms with Gasteiger partial charge in [0.1, 0.15) is 0 Å². The summed E-state index contributed by atoms with van der Waals surface area (Å²) in [4.78, 5) is 9.27. The van der Waals surface area contributed by atoms with Gasteiger partial charge in [-0.25, -0.2) is 0 Å². The quantitative estimate of drug-likeness (QED) is 0.432. The molecule has 0 amide bonds. The van der Waals surface area contributed by atoms with Crippen LogP contribution in [-0.4, -0.2) is 88.5 Å². The monoisotopic (exact) mass is 326 g/mol. The van der Waals surface area contributed by atoms with E-state index in [1.807, 2.05) is 7.05 Å². The van der Waals surface area contributed by atoms with E-state index in [4.69, 9.17) is 9.47 Å². The first-order valence-corrected chi connectivity index (χ1v) is 9.01. The Morgan fingerprint density at radius 3 is 2.57 bits per heavy atom. The number of nitrogens with one attached hydrogen (secondary N) is 1. The highest BCUT2D eigenvalue weighted by Gasteiger charge is 2.24. The molecular formula is C17H34N4O2. The summed E-state index contributed by atoms with van der Waals surface area (Å²) in [6, 6.07) is 0.647. The predicted molar refractivity (Wildman–Crippen MR) is 94.1 cm³/mol. The Morgan fingerprint density at radius 2 is 1.96 bits per heavy atom. The average Bonchev–Trinajstić information content (AvgIpc) is 2.98. The van der Waals surface area contributed by atoms with Crippen molar-refractivity contribution in [3.8, 4) is 0 Å². The second-order valence-electron chi connectivity index (χ2n) is 6.61. The number of nitrogens with zero attached hydrogens (tertiary/aromatic N) is 3. The van der Waals surface area contributed by atoms with Crippen LogP contribution in [0, 0.1) is 0 Å². The van der Waals surface area contributed by atoms with Crippen molar-refractivity contribution < 1.29 is 9.47 Å². The molecule has 1 atom stereocenters. The Morgan fingerprint density at radius 1 is 1.17 bits per heavy atom. The maximum absolute atomic E-state index is 5.93. The molecule has 0 aliphatic carbocycles. The van der Waals surface area contributed by atoms with E-state index in [0.717, 1.165) is 58.1 Å². The normalized spacial score (nSPS) is 24.4. The molecular weight excluding hydrogens is 292 g/mol. The molecule has 0 aromatic rings. The fourth-order valence-corrected chi connectivity index (χ4v) is 3.47. The van der Waals surface area contributed by atoms with Gasteiger partial charge in [0.15, 0.2) is 5.96 Å². The first kappa shape index (κ1) is 18.5. The molecule has 0 bridgehead atoms. The highest BCUT2D eigenvalue weighted by molar-refractivity contribution is 5.80. The minimum absolute atomic E-state index is 0.391. The molecule has 0 aromatic carbocycles. The van der Waals surface area contributed by atoms with Crippen molar-refractivity contribution in [3.05, 3.63) is 0 Å². The van der Waals surface area contributed by atoms with E-state index >= 15 is 0 Å². The summed E-state index contributed by atoms with van der Waals surface area (Å²) in [6.07, 6.45) is 6.13. The minimum atomic E-state index is 0.391. The van der Waals surface area contributed by atoms with E-state index in [9.17, 15) is 0 Å². The third-order valence-electron chi connectivity index (χ3n) is 4.97. The van der Waals surface area contributed by atoms with Crippen molar-refractivity contribution in [1.82, 2.24) is 15.1 Å². The number of likely N-dealkylation sites (tertiary alicyclic amines) is 2. The molecule has 2 heterocycles. The van der Waals surface area contributed by atoms with Gasteiger partial charge in [0, 0.05) is 53.0 Å². The van der Waals surface area contributed by atoms with E-state index in [1.165, 1.54) is 19.4 Å². The fraction of sp³-hybridized carbons (Fsp3) is 0.941. The molecule has 6 nitrogen and oxygen atoms in total. The molecule has 6 heteroatoms. The zero-order valence-corrected chi connectivity index (χ0v) is 15.1. The van der Waals surface area contributed by atoms with Gasteiger partial charge >= 0.3 is 0 Å². The van der Waals surface area contributed by atoms with E-state index in [2.05, 4.69) is 27.2 Å². The molecule has 2 aliphatic heterocycles. The summed E-state index contributed by atoms with van der Waals surface area (Å²) in [5, 5.41) is 3.56. The summed E-state index contributed by atoms with van der Waals surface area (Å²) in [5.41, 5.74) is 0. The molecule has 1 unspecified atom stereocenters. The van der Waals surface area contributed by atoms with Crippen molar-refractivity contribution in [2.75, 3.05) is 60.6 Å². The van der Waals surface area contributed by atoms with Crippen LogP contribution in [0.15, 0.2) is 4.99 Å². The van der Waals surface area contributed by atoms with Gasteiger partial charge in [-0.1, -0.05) is 0 Å². The number of guanidine groups is 1. The molecule has 0 saturated carbocycles. The molecule has 0 radical (unpaired) electrons. The lowest BCUT2D eigenvalue weighted by atomic mass is 10.1. The van der Waals surface area contributed by atoms with Crippen LogP contribution in [0.25, 0.3) is 0 Å². The molecule has 1 N–H and O–H groups in total. The van der Waals surface area contributed by atoms with E-state index in [-0.39, 0.29) is 0 Å². The van der Waals surface area contributed by atoms with Crippen LogP contribution in [0.4, 0.5) is 0 Å². The SMILES string of the molecule is CN=C(NCC1CCCN1C)N1CCC(OCCCOC)CC1. The maximum Gasteiger partial charge on any atom is 0.193 e. The molecule has 0 spiro atoms. The van der Waals surface area contributed by atoms with Gasteiger partial charge in [0.2, 0.25) is 0 Å². The number of hydrogen-bond donors (Lipinski definition) is 1. The molecule has 2 saturated heterocycles. The summed E-state index contributed by atoms with van der Waals surface area (Å²) < 4.78 is 11.0. The third kappa shape index (κ3) is 5.94. The zero-order chi connectivity index (χ0) is 16.5. The van der Waals surface area contributed by atoms with Crippen LogP contribution in [0.3, 0.4) is 0 Å². The van der Waals surface area contributed by atoms with Crippen molar-refractivity contribution in [3.63, 3.8) is 0 Å². The molecule has 23 heavy (non-hydrogen) atoms. The van der Waals surface area contributed by atoms with Gasteiger partial charge < -0.3 is 24.6 Å². The second-order valence-corrected chi connectivity index (χ2v) is 6.61. The Labute approximate surface area is 141 Å². The van der Waals surface area contributed by atoms with Crippen LogP contribution in [-0.2, 0) is 9.47 Å². The lowest BCUT2D eigenvalue weighted by molar-refractivity contribution is 0.00988. The average molecular weight is 326 g/mol. The number of piperidine rings is 1. The lowest BCUT2D eigenvalue weighted by Gasteiger charge is -2.34. The number of aliphatic imine (C=N–C) groups is 1. The first-order valence-electron chi connectivity index (χ1n) is 9.01. The van der Waals surface area contributed by atoms with E-state index in [1.54, 1.807) is 7.11 Å². The van der Waals surface area contributed by atoms with E-state index in [0.29, 0.717) is 12.1 Å². The van der Waals surface area contributed by atoms with Crippen LogP contribution in [0.2, 0.25) is 0 Å². The van der Waals surface area contributed by atoms with Crippen LogP contribution in [0.5, 0.6) is 0 Å². The lowest BCUT2D eigenvalue weighted by Crippen LogP contribution is -2.49. The molecule has 2 fully saturated rings. The Kier molecular flexibility index (Phi) is 8.12. The van der Waals surface area contributed by atoms with E-state index < -0.39 is 0 Å². The fourth-order valence-electron chi connectivity index (χ4n) is 3.47. The molecule has 2 aliphatic rings. The zero-order valence-electron chi connectivity index (χ0n) is 15.1. The van der Waals surface area contributed by atoms with Gasteiger partial charge in [0.25, 0.3) is 0 Å². The van der Waals surface area contributed by atoms with Crippen molar-refractivity contribution in [2.45, 2.75) is 44.2 Å². The Hall–Kier alpha value is -0.850. The topological polar surface area (TPSA) is 49.3 Å². The van der Waals surface area contributed by atoms with Gasteiger partial charge in [-0.2, -0.15) is 0 Å². The predicted octanol–water partition coefficient (Wildman–Crippen LogP) is 1.17. The highest BCUT2D eigenvalue weighted by atomic mass is 16.5. The third-order valence-corrected chi connectivity index (χ3v) is 4.97. The van der Waals surface area contributed by atoms with Gasteiger partial charge in [-0.15, -0.1) is 0 Å². The second kappa shape index (κ2) is 10.1. The number of hydrogen-bond acceptors (Lipinski definition) is 4. The molecule has 134 valence electrons. The summed E-state index contributed by atoms with van der Waals surface area (Å²) in [6.45, 7) is 5.85.